The third kappa shape index (κ3) is 2.29. The molecule has 2 unspecified atom stereocenters. The van der Waals surface area contributed by atoms with Crippen molar-refractivity contribution in [2.45, 2.75) is 26.4 Å². The molecule has 0 saturated carbocycles. The van der Waals surface area contributed by atoms with Crippen molar-refractivity contribution in [1.82, 2.24) is 0 Å². The molecule has 18 heavy (non-hydrogen) atoms. The highest BCUT2D eigenvalue weighted by molar-refractivity contribution is 6.03. The maximum Gasteiger partial charge on any atom is 0.323 e. The highest BCUT2D eigenvalue weighted by Gasteiger charge is 2.38. The Balaban J connectivity index is 2.32. The summed E-state index contributed by atoms with van der Waals surface area (Å²) in [7, 11) is 0. The molecule has 4 nitrogen and oxygen atoms in total. The van der Waals surface area contributed by atoms with Crippen LogP contribution in [0.5, 0.6) is 5.75 Å². The minimum Gasteiger partial charge on any atom is -0.426 e. The Morgan fingerprint density at radius 1 is 1.44 bits per heavy atom. The highest BCUT2D eigenvalue weighted by Crippen LogP contribution is 2.36. The van der Waals surface area contributed by atoms with Crippen molar-refractivity contribution in [3.05, 3.63) is 29.8 Å². The number of benzene rings is 1. The number of rotatable bonds is 3. The highest BCUT2D eigenvalue weighted by atomic mass is 16.5. The van der Waals surface area contributed by atoms with Gasteiger partial charge in [0.05, 0.1) is 0 Å². The molecule has 4 heteroatoms. The lowest BCUT2D eigenvalue weighted by molar-refractivity contribution is -0.141. The maximum absolute atomic E-state index is 11.9. The standard InChI is InChI=1S/C14H17NO3/c1-3-8-15-9(2)12-13(16)10-6-4-5-7-11(10)18-14(12)17/h4-7,12-13,16H,3,8H2,1-2H3. The van der Waals surface area contributed by atoms with Crippen LogP contribution in [0.1, 0.15) is 31.9 Å². The largest absolute Gasteiger partial charge is 0.426 e. The van der Waals surface area contributed by atoms with Crippen LogP contribution in [0.15, 0.2) is 29.3 Å². The third-order valence-electron chi connectivity index (χ3n) is 3.05. The van der Waals surface area contributed by atoms with E-state index in [1.807, 2.05) is 13.0 Å². The molecule has 1 N–H and O–H groups in total. The Morgan fingerprint density at radius 3 is 2.89 bits per heavy atom. The fraction of sp³-hybridized carbons (Fsp3) is 0.429. The monoisotopic (exact) mass is 247 g/mol. The molecule has 2 atom stereocenters. The van der Waals surface area contributed by atoms with E-state index in [9.17, 15) is 9.90 Å². The molecule has 1 aromatic carbocycles. The summed E-state index contributed by atoms with van der Waals surface area (Å²) in [6.45, 7) is 4.43. The average molecular weight is 247 g/mol. The van der Waals surface area contributed by atoms with E-state index in [0.717, 1.165) is 6.42 Å². The van der Waals surface area contributed by atoms with Crippen molar-refractivity contribution in [2.24, 2.45) is 10.9 Å². The van der Waals surface area contributed by atoms with E-state index in [1.165, 1.54) is 0 Å². The lowest BCUT2D eigenvalue weighted by Gasteiger charge is -2.28. The topological polar surface area (TPSA) is 58.9 Å². The van der Waals surface area contributed by atoms with Gasteiger partial charge in [-0.2, -0.15) is 0 Å². The molecule has 0 fully saturated rings. The predicted octanol–water partition coefficient (Wildman–Crippen LogP) is 2.13. The van der Waals surface area contributed by atoms with Crippen LogP contribution in [0.25, 0.3) is 0 Å². The van der Waals surface area contributed by atoms with Gasteiger partial charge in [-0.15, -0.1) is 0 Å². The number of esters is 1. The fourth-order valence-electron chi connectivity index (χ4n) is 2.08. The molecule has 0 aliphatic carbocycles. The molecule has 1 aromatic rings. The van der Waals surface area contributed by atoms with E-state index in [2.05, 4.69) is 4.99 Å². The van der Waals surface area contributed by atoms with Gasteiger partial charge in [0.15, 0.2) is 0 Å². The van der Waals surface area contributed by atoms with Gasteiger partial charge in [0, 0.05) is 17.8 Å². The summed E-state index contributed by atoms with van der Waals surface area (Å²) in [6.07, 6.45) is 0.0364. The van der Waals surface area contributed by atoms with Gasteiger partial charge in [0.1, 0.15) is 17.8 Å². The van der Waals surface area contributed by atoms with Crippen molar-refractivity contribution in [1.29, 1.82) is 0 Å². The number of hydrogen-bond acceptors (Lipinski definition) is 4. The van der Waals surface area contributed by atoms with Crippen LogP contribution in [-0.4, -0.2) is 23.3 Å². The SMILES string of the molecule is CCCN=C(C)C1C(=O)Oc2ccccc2C1O. The number of aliphatic hydroxyl groups is 1. The van der Waals surface area contributed by atoms with Crippen molar-refractivity contribution in [2.75, 3.05) is 6.54 Å². The normalized spacial score (nSPS) is 23.5. The van der Waals surface area contributed by atoms with Crippen LogP contribution in [0, 0.1) is 5.92 Å². The predicted molar refractivity (Wildman–Crippen MR) is 68.8 cm³/mol. The van der Waals surface area contributed by atoms with Gasteiger partial charge in [-0.05, 0) is 19.4 Å². The van der Waals surface area contributed by atoms with Gasteiger partial charge in [0.2, 0.25) is 0 Å². The molecule has 2 rings (SSSR count). The molecule has 0 amide bonds. The molecule has 1 aliphatic rings. The Morgan fingerprint density at radius 2 is 2.17 bits per heavy atom. The van der Waals surface area contributed by atoms with Gasteiger partial charge in [-0.25, -0.2) is 0 Å². The van der Waals surface area contributed by atoms with E-state index in [4.69, 9.17) is 4.74 Å². The number of fused-ring (bicyclic) bond motifs is 1. The first-order chi connectivity index (χ1) is 8.65. The second kappa shape index (κ2) is 5.31. The molecular formula is C14H17NO3. The van der Waals surface area contributed by atoms with Crippen molar-refractivity contribution < 1.29 is 14.6 Å². The minimum atomic E-state index is -0.872. The van der Waals surface area contributed by atoms with Crippen molar-refractivity contribution >= 4 is 11.7 Å². The van der Waals surface area contributed by atoms with Crippen LogP contribution >= 0.6 is 0 Å². The lowest BCUT2D eigenvalue weighted by atomic mass is 9.89. The average Bonchev–Trinajstić information content (AvgIpc) is 2.36. The van der Waals surface area contributed by atoms with Crippen molar-refractivity contribution in [3.8, 4) is 5.75 Å². The zero-order chi connectivity index (χ0) is 13.1. The first-order valence-corrected chi connectivity index (χ1v) is 6.14. The van der Waals surface area contributed by atoms with E-state index >= 15 is 0 Å². The number of nitrogens with zero attached hydrogens (tertiary/aromatic N) is 1. The summed E-state index contributed by atoms with van der Waals surface area (Å²) in [5, 5.41) is 10.3. The molecule has 0 spiro atoms. The summed E-state index contributed by atoms with van der Waals surface area (Å²) >= 11 is 0. The molecular weight excluding hydrogens is 230 g/mol. The van der Waals surface area contributed by atoms with Crippen LogP contribution in [-0.2, 0) is 4.79 Å². The van der Waals surface area contributed by atoms with E-state index in [-0.39, 0.29) is 0 Å². The second-order valence-electron chi connectivity index (χ2n) is 4.40. The first kappa shape index (κ1) is 12.8. The summed E-state index contributed by atoms with van der Waals surface area (Å²) < 4.78 is 5.24. The lowest BCUT2D eigenvalue weighted by Crippen LogP contribution is -2.36. The Hall–Kier alpha value is -1.68. The molecule has 0 saturated heterocycles. The van der Waals surface area contributed by atoms with Crippen molar-refractivity contribution in [3.63, 3.8) is 0 Å². The van der Waals surface area contributed by atoms with E-state index in [0.29, 0.717) is 23.6 Å². The van der Waals surface area contributed by atoms with Crippen LogP contribution in [0.3, 0.4) is 0 Å². The smallest absolute Gasteiger partial charge is 0.323 e. The van der Waals surface area contributed by atoms with Gasteiger partial charge in [-0.1, -0.05) is 25.1 Å². The Labute approximate surface area is 106 Å². The van der Waals surface area contributed by atoms with E-state index < -0.39 is 18.0 Å². The van der Waals surface area contributed by atoms with Gasteiger partial charge in [-0.3, -0.25) is 9.79 Å². The molecule has 0 bridgehead atoms. The Kier molecular flexibility index (Phi) is 3.77. The second-order valence-corrected chi connectivity index (χ2v) is 4.40. The Bertz CT molecular complexity index is 482. The zero-order valence-corrected chi connectivity index (χ0v) is 10.6. The number of ether oxygens (including phenoxy) is 1. The van der Waals surface area contributed by atoms with E-state index in [1.54, 1.807) is 25.1 Å². The fourth-order valence-corrected chi connectivity index (χ4v) is 2.08. The number of carbonyl (C=O) groups excluding carboxylic acids is 1. The van der Waals surface area contributed by atoms with Crippen LogP contribution < -0.4 is 4.74 Å². The summed E-state index contributed by atoms with van der Waals surface area (Å²) in [5.74, 6) is -0.681. The van der Waals surface area contributed by atoms with Crippen LogP contribution in [0.2, 0.25) is 0 Å². The number of para-hydroxylation sites is 1. The third-order valence-corrected chi connectivity index (χ3v) is 3.05. The maximum atomic E-state index is 11.9. The number of carbonyl (C=O) groups is 1. The van der Waals surface area contributed by atoms with Gasteiger partial charge in [0.25, 0.3) is 0 Å². The number of hydrogen-bond donors (Lipinski definition) is 1. The molecule has 1 heterocycles. The molecule has 0 aromatic heterocycles. The van der Waals surface area contributed by atoms with Gasteiger partial charge < -0.3 is 9.84 Å². The molecule has 96 valence electrons. The number of aliphatic hydroxyl groups excluding tert-OH is 1. The van der Waals surface area contributed by atoms with Gasteiger partial charge >= 0.3 is 5.97 Å². The molecule has 0 radical (unpaired) electrons. The molecule has 1 aliphatic heterocycles. The summed E-state index contributed by atoms with van der Waals surface area (Å²) in [6, 6.07) is 7.05. The zero-order valence-electron chi connectivity index (χ0n) is 10.6. The summed E-state index contributed by atoms with van der Waals surface area (Å²) in [4.78, 5) is 16.2. The first-order valence-electron chi connectivity index (χ1n) is 6.14. The summed E-state index contributed by atoms with van der Waals surface area (Å²) in [5.41, 5.74) is 1.28. The van der Waals surface area contributed by atoms with Crippen LogP contribution in [0.4, 0.5) is 0 Å². The number of aliphatic imine (C=N–C) groups is 1. The minimum absolute atomic E-state index is 0.432. The quantitative estimate of drug-likeness (QED) is 0.505.